The number of nitrogens with one attached hydrogen (secondary N) is 2. The number of imidazole rings is 1. The van der Waals surface area contributed by atoms with Crippen LogP contribution in [0.4, 0.5) is 0 Å². The Bertz CT molecular complexity index is 464. The molecule has 0 aliphatic rings. The van der Waals surface area contributed by atoms with Gasteiger partial charge in [0.1, 0.15) is 0 Å². The molecule has 18 heavy (non-hydrogen) atoms. The minimum absolute atomic E-state index is 0.320. The van der Waals surface area contributed by atoms with E-state index < -0.39 is 0 Å². The van der Waals surface area contributed by atoms with Crippen LogP contribution in [-0.4, -0.2) is 22.3 Å². The molecule has 1 aromatic heterocycles. The van der Waals surface area contributed by atoms with Gasteiger partial charge < -0.3 is 10.3 Å². The van der Waals surface area contributed by atoms with Crippen LogP contribution < -0.4 is 5.32 Å². The van der Waals surface area contributed by atoms with Crippen molar-refractivity contribution in [2.75, 3.05) is 7.05 Å². The van der Waals surface area contributed by atoms with Crippen molar-refractivity contribution in [1.29, 1.82) is 0 Å². The van der Waals surface area contributed by atoms with Crippen molar-refractivity contribution in [3.63, 3.8) is 0 Å². The molecule has 0 saturated heterocycles. The third-order valence-corrected chi connectivity index (χ3v) is 4.08. The van der Waals surface area contributed by atoms with Crippen molar-refractivity contribution in [2.24, 2.45) is 0 Å². The second-order valence-electron chi connectivity index (χ2n) is 4.39. The van der Waals surface area contributed by atoms with Crippen molar-refractivity contribution in [1.82, 2.24) is 15.3 Å². The van der Waals surface area contributed by atoms with E-state index in [0.29, 0.717) is 11.3 Å². The van der Waals surface area contributed by atoms with Crippen molar-refractivity contribution < 1.29 is 0 Å². The van der Waals surface area contributed by atoms with Crippen molar-refractivity contribution >= 4 is 11.8 Å². The van der Waals surface area contributed by atoms with Gasteiger partial charge in [0.05, 0.1) is 0 Å². The van der Waals surface area contributed by atoms with Crippen LogP contribution in [0.5, 0.6) is 0 Å². The Kier molecular flexibility index (Phi) is 4.44. The molecule has 4 heteroatoms. The highest BCUT2D eigenvalue weighted by atomic mass is 32.2. The van der Waals surface area contributed by atoms with Gasteiger partial charge in [-0.3, -0.25) is 0 Å². The molecule has 2 aromatic rings. The third-order valence-electron chi connectivity index (χ3n) is 2.99. The molecule has 1 heterocycles. The molecule has 2 atom stereocenters. The Labute approximate surface area is 112 Å². The number of hydrogen-bond acceptors (Lipinski definition) is 3. The van der Waals surface area contributed by atoms with Crippen LogP contribution in [0.25, 0.3) is 0 Å². The standard InChI is InChI=1S/C14H19N3S/c1-10-4-6-12(7-5-10)13(15-3)11(2)18-14-16-8-9-17-14/h4-9,11,13,15H,1-3H3,(H,16,17). The zero-order valence-electron chi connectivity index (χ0n) is 11.0. The molecule has 2 N–H and O–H groups in total. The van der Waals surface area contributed by atoms with E-state index in [0.717, 1.165) is 5.16 Å². The maximum atomic E-state index is 4.26. The largest absolute Gasteiger partial charge is 0.340 e. The van der Waals surface area contributed by atoms with Gasteiger partial charge >= 0.3 is 0 Å². The number of nitrogens with zero attached hydrogens (tertiary/aromatic N) is 1. The first-order valence-electron chi connectivity index (χ1n) is 6.10. The number of benzene rings is 1. The highest BCUT2D eigenvalue weighted by Gasteiger charge is 2.19. The van der Waals surface area contributed by atoms with Crippen molar-refractivity contribution in [3.05, 3.63) is 47.8 Å². The topological polar surface area (TPSA) is 40.7 Å². The van der Waals surface area contributed by atoms with Crippen LogP contribution in [0.15, 0.2) is 41.8 Å². The highest BCUT2D eigenvalue weighted by Crippen LogP contribution is 2.29. The first-order chi connectivity index (χ1) is 8.70. The Morgan fingerprint density at radius 3 is 2.56 bits per heavy atom. The van der Waals surface area contributed by atoms with Crippen LogP contribution in [0.3, 0.4) is 0 Å². The third kappa shape index (κ3) is 3.15. The van der Waals surface area contributed by atoms with E-state index in [1.807, 2.05) is 13.2 Å². The van der Waals surface area contributed by atoms with Gasteiger partial charge in [0.15, 0.2) is 5.16 Å². The molecular formula is C14H19N3S. The van der Waals surface area contributed by atoms with E-state index in [-0.39, 0.29) is 0 Å². The van der Waals surface area contributed by atoms with Crippen LogP contribution in [0.2, 0.25) is 0 Å². The zero-order valence-corrected chi connectivity index (χ0v) is 11.8. The maximum Gasteiger partial charge on any atom is 0.165 e. The summed E-state index contributed by atoms with van der Waals surface area (Å²) in [7, 11) is 2.00. The molecule has 0 bridgehead atoms. The first kappa shape index (κ1) is 13.2. The van der Waals surface area contributed by atoms with Gasteiger partial charge in [0.25, 0.3) is 0 Å². The average molecular weight is 261 g/mol. The molecule has 0 fully saturated rings. The predicted octanol–water partition coefficient (Wildman–Crippen LogP) is 3.16. The summed E-state index contributed by atoms with van der Waals surface area (Å²) in [6.45, 7) is 4.33. The molecule has 0 aliphatic carbocycles. The van der Waals surface area contributed by atoms with Gasteiger partial charge in [0.2, 0.25) is 0 Å². The number of aromatic nitrogens is 2. The lowest BCUT2D eigenvalue weighted by atomic mass is 10.0. The minimum Gasteiger partial charge on any atom is -0.340 e. The van der Waals surface area contributed by atoms with E-state index >= 15 is 0 Å². The summed E-state index contributed by atoms with van der Waals surface area (Å²) in [5.41, 5.74) is 2.61. The van der Waals surface area contributed by atoms with E-state index in [2.05, 4.69) is 53.4 Å². The summed E-state index contributed by atoms with van der Waals surface area (Å²) in [6.07, 6.45) is 3.64. The lowest BCUT2D eigenvalue weighted by Crippen LogP contribution is -2.25. The van der Waals surface area contributed by atoms with Crippen LogP contribution >= 0.6 is 11.8 Å². The van der Waals surface area contributed by atoms with Crippen LogP contribution in [0.1, 0.15) is 24.1 Å². The zero-order chi connectivity index (χ0) is 13.0. The normalized spacial score (nSPS) is 14.4. The maximum absolute atomic E-state index is 4.26. The van der Waals surface area contributed by atoms with Crippen LogP contribution in [-0.2, 0) is 0 Å². The van der Waals surface area contributed by atoms with E-state index in [1.165, 1.54) is 11.1 Å². The number of hydrogen-bond donors (Lipinski definition) is 2. The van der Waals surface area contributed by atoms with Gasteiger partial charge in [-0.1, -0.05) is 48.5 Å². The molecule has 3 nitrogen and oxygen atoms in total. The average Bonchev–Trinajstić information content (AvgIpc) is 2.85. The fraction of sp³-hybridized carbons (Fsp3) is 0.357. The fourth-order valence-electron chi connectivity index (χ4n) is 2.01. The molecule has 0 radical (unpaired) electrons. The smallest absolute Gasteiger partial charge is 0.165 e. The van der Waals surface area contributed by atoms with Gasteiger partial charge in [-0.25, -0.2) is 4.98 Å². The number of H-pyrrole nitrogens is 1. The SMILES string of the molecule is CNC(c1ccc(C)cc1)C(C)Sc1ncc[nH]1. The lowest BCUT2D eigenvalue weighted by Gasteiger charge is -2.23. The molecule has 0 saturated carbocycles. The second-order valence-corrected chi connectivity index (χ2v) is 5.76. The Hall–Kier alpha value is -1.26. The van der Waals surface area contributed by atoms with Gasteiger partial charge in [-0.2, -0.15) is 0 Å². The summed E-state index contributed by atoms with van der Waals surface area (Å²) in [5, 5.41) is 4.76. The Balaban J connectivity index is 2.10. The van der Waals surface area contributed by atoms with E-state index in [4.69, 9.17) is 0 Å². The molecule has 2 unspecified atom stereocenters. The molecule has 2 rings (SSSR count). The monoisotopic (exact) mass is 261 g/mol. The Morgan fingerprint density at radius 2 is 2.00 bits per heavy atom. The van der Waals surface area contributed by atoms with Gasteiger partial charge in [-0.05, 0) is 19.5 Å². The number of rotatable bonds is 5. The van der Waals surface area contributed by atoms with E-state index in [1.54, 1.807) is 18.0 Å². The number of thioether (sulfide) groups is 1. The quantitative estimate of drug-likeness (QED) is 0.812. The highest BCUT2D eigenvalue weighted by molar-refractivity contribution is 7.99. The van der Waals surface area contributed by atoms with Gasteiger partial charge in [0, 0.05) is 23.7 Å². The molecule has 0 aliphatic heterocycles. The Morgan fingerprint density at radius 1 is 1.28 bits per heavy atom. The van der Waals surface area contributed by atoms with Crippen molar-refractivity contribution in [3.8, 4) is 0 Å². The summed E-state index contributed by atoms with van der Waals surface area (Å²) < 4.78 is 0. The summed E-state index contributed by atoms with van der Waals surface area (Å²) in [6, 6.07) is 9.01. The molecule has 1 aromatic carbocycles. The number of aromatic amines is 1. The number of aryl methyl sites for hydroxylation is 1. The summed E-state index contributed by atoms with van der Waals surface area (Å²) in [4.78, 5) is 7.39. The van der Waals surface area contributed by atoms with Crippen molar-refractivity contribution in [2.45, 2.75) is 30.3 Å². The predicted molar refractivity (Wildman–Crippen MR) is 76.9 cm³/mol. The van der Waals surface area contributed by atoms with E-state index in [9.17, 15) is 0 Å². The van der Waals surface area contributed by atoms with Gasteiger partial charge in [-0.15, -0.1) is 0 Å². The molecule has 96 valence electrons. The molecule has 0 amide bonds. The molecular weight excluding hydrogens is 242 g/mol. The second kappa shape index (κ2) is 6.07. The fourth-order valence-corrected chi connectivity index (χ4v) is 3.04. The first-order valence-corrected chi connectivity index (χ1v) is 6.98. The summed E-state index contributed by atoms with van der Waals surface area (Å²) >= 11 is 1.75. The molecule has 0 spiro atoms. The summed E-state index contributed by atoms with van der Waals surface area (Å²) in [5.74, 6) is 0. The van der Waals surface area contributed by atoms with Crippen LogP contribution in [0, 0.1) is 6.92 Å². The minimum atomic E-state index is 0.320. The lowest BCUT2D eigenvalue weighted by molar-refractivity contribution is 0.588.